The van der Waals surface area contributed by atoms with E-state index < -0.39 is 5.97 Å². The summed E-state index contributed by atoms with van der Waals surface area (Å²) in [6.07, 6.45) is -0.0438. The molecule has 0 unspecified atom stereocenters. The molecule has 0 fully saturated rings. The second-order valence-electron chi connectivity index (χ2n) is 1.74. The lowest BCUT2D eigenvalue weighted by molar-refractivity contribution is -0.142. The Balaban J connectivity index is 3.75. The maximum atomic E-state index is 10.7. The molecule has 0 saturated carbocycles. The first-order valence-corrected chi connectivity index (χ1v) is 3.09. The minimum atomic E-state index is -0.426. The number of carbonyl (C=O) groups is 1. The van der Waals surface area contributed by atoms with Crippen LogP contribution in [0.2, 0.25) is 0 Å². The van der Waals surface area contributed by atoms with Crippen LogP contribution < -0.4 is 0 Å². The largest absolute Gasteiger partial charge is 0.466 e. The summed E-state index contributed by atoms with van der Waals surface area (Å²) in [5.74, 6) is -0.426. The molecule has 0 aliphatic rings. The van der Waals surface area contributed by atoms with Gasteiger partial charge in [0.25, 0.3) is 0 Å². The van der Waals surface area contributed by atoms with Crippen molar-refractivity contribution in [1.82, 2.24) is 0 Å². The quantitative estimate of drug-likeness (QED) is 0.268. The van der Waals surface area contributed by atoms with Gasteiger partial charge in [0.2, 0.25) is 0 Å². The Hall–Kier alpha value is -1.48. The van der Waals surface area contributed by atoms with Crippen molar-refractivity contribution in [2.45, 2.75) is 13.3 Å². The highest BCUT2D eigenvalue weighted by molar-refractivity contribution is 5.72. The summed E-state index contributed by atoms with van der Waals surface area (Å²) in [6.45, 7) is 5.37. The molecule has 0 N–H and O–H groups in total. The van der Waals surface area contributed by atoms with Gasteiger partial charge in [-0.25, -0.2) is 0 Å². The molecule has 0 rings (SSSR count). The number of nitrogens with zero attached hydrogens (tertiary/aromatic N) is 3. The van der Waals surface area contributed by atoms with Crippen LogP contribution in [0.3, 0.4) is 0 Å². The zero-order valence-electron chi connectivity index (χ0n) is 6.28. The third kappa shape index (κ3) is 4.99. The normalized spacial score (nSPS) is 8.09. The molecule has 0 atom stereocenters. The van der Waals surface area contributed by atoms with Crippen molar-refractivity contribution in [3.63, 3.8) is 0 Å². The maximum Gasteiger partial charge on any atom is 0.310 e. The zero-order chi connectivity index (χ0) is 8.69. The predicted octanol–water partition coefficient (Wildman–Crippen LogP) is 1.76. The second kappa shape index (κ2) is 5.32. The Morgan fingerprint density at radius 2 is 2.45 bits per heavy atom. The second-order valence-corrected chi connectivity index (χ2v) is 1.74. The fraction of sp³-hybridized carbons (Fsp3) is 0.500. The summed E-state index contributed by atoms with van der Waals surface area (Å²) < 4.78 is 4.58. The van der Waals surface area contributed by atoms with Crippen molar-refractivity contribution in [1.29, 1.82) is 0 Å². The molecule has 0 bridgehead atoms. The van der Waals surface area contributed by atoms with Gasteiger partial charge in [-0.1, -0.05) is 11.7 Å². The summed E-state index contributed by atoms with van der Waals surface area (Å²) >= 11 is 0. The summed E-state index contributed by atoms with van der Waals surface area (Å²) in [5, 5.41) is 3.13. The number of esters is 1. The summed E-state index contributed by atoms with van der Waals surface area (Å²) in [5.41, 5.74) is 8.10. The molecule has 0 aromatic carbocycles. The maximum absolute atomic E-state index is 10.7. The van der Waals surface area contributed by atoms with Crippen molar-refractivity contribution in [2.24, 2.45) is 5.11 Å². The van der Waals surface area contributed by atoms with Crippen LogP contribution in [0.5, 0.6) is 0 Å². The predicted molar refractivity (Wildman–Crippen MR) is 39.5 cm³/mol. The van der Waals surface area contributed by atoms with E-state index in [4.69, 9.17) is 5.53 Å². The molecule has 0 aliphatic carbocycles. The van der Waals surface area contributed by atoms with E-state index in [9.17, 15) is 4.79 Å². The van der Waals surface area contributed by atoms with Gasteiger partial charge in [0.1, 0.15) is 0 Å². The molecule has 0 aromatic rings. The molecule has 5 heteroatoms. The van der Waals surface area contributed by atoms with Crippen molar-refractivity contribution < 1.29 is 9.53 Å². The SMILES string of the molecule is C=C(CC(=O)OCC)N=[N+]=[N-]. The van der Waals surface area contributed by atoms with Gasteiger partial charge in [-0.05, 0) is 12.5 Å². The fourth-order valence-corrected chi connectivity index (χ4v) is 0.477. The monoisotopic (exact) mass is 155 g/mol. The lowest BCUT2D eigenvalue weighted by Gasteiger charge is -1.98. The zero-order valence-corrected chi connectivity index (χ0v) is 6.28. The fourth-order valence-electron chi connectivity index (χ4n) is 0.477. The van der Waals surface area contributed by atoms with Crippen LogP contribution in [-0.2, 0) is 9.53 Å². The number of hydrogen-bond donors (Lipinski definition) is 0. The summed E-state index contributed by atoms with van der Waals surface area (Å²) in [4.78, 5) is 13.1. The molecule has 0 saturated heterocycles. The van der Waals surface area contributed by atoms with Crippen LogP contribution in [0.25, 0.3) is 10.4 Å². The highest BCUT2D eigenvalue weighted by Crippen LogP contribution is 2.00. The number of carbonyl (C=O) groups excluding carboxylic acids is 1. The summed E-state index contributed by atoms with van der Waals surface area (Å²) in [6, 6.07) is 0. The number of rotatable bonds is 4. The topological polar surface area (TPSA) is 75.1 Å². The van der Waals surface area contributed by atoms with E-state index in [1.54, 1.807) is 6.92 Å². The Bertz CT molecular complexity index is 206. The number of hydrogen-bond acceptors (Lipinski definition) is 3. The van der Waals surface area contributed by atoms with E-state index in [1.165, 1.54) is 0 Å². The van der Waals surface area contributed by atoms with E-state index in [-0.39, 0.29) is 12.1 Å². The van der Waals surface area contributed by atoms with Crippen LogP contribution in [0.1, 0.15) is 13.3 Å². The third-order valence-corrected chi connectivity index (χ3v) is 0.840. The average molecular weight is 155 g/mol. The Morgan fingerprint density at radius 1 is 1.82 bits per heavy atom. The van der Waals surface area contributed by atoms with Crippen LogP contribution in [-0.4, -0.2) is 12.6 Å². The van der Waals surface area contributed by atoms with Crippen LogP contribution in [0.4, 0.5) is 0 Å². The third-order valence-electron chi connectivity index (χ3n) is 0.840. The van der Waals surface area contributed by atoms with Gasteiger partial charge in [0.05, 0.1) is 13.0 Å². The number of azide groups is 1. The van der Waals surface area contributed by atoms with Crippen molar-refractivity contribution >= 4 is 5.97 Å². The van der Waals surface area contributed by atoms with Gasteiger partial charge in [-0.3, -0.25) is 4.79 Å². The van der Waals surface area contributed by atoms with Crippen LogP contribution in [0.15, 0.2) is 17.4 Å². The van der Waals surface area contributed by atoms with E-state index in [0.29, 0.717) is 6.61 Å². The first-order valence-electron chi connectivity index (χ1n) is 3.09. The van der Waals surface area contributed by atoms with Gasteiger partial charge in [-0.15, -0.1) is 0 Å². The minimum absolute atomic E-state index is 0.0438. The van der Waals surface area contributed by atoms with Crippen LogP contribution >= 0.6 is 0 Å². The lowest BCUT2D eigenvalue weighted by atomic mass is 10.3. The first-order chi connectivity index (χ1) is 5.20. The molecule has 60 valence electrons. The van der Waals surface area contributed by atoms with E-state index in [1.807, 2.05) is 0 Å². The molecule has 11 heavy (non-hydrogen) atoms. The van der Waals surface area contributed by atoms with Crippen LogP contribution in [0, 0.1) is 0 Å². The van der Waals surface area contributed by atoms with Crippen molar-refractivity contribution in [3.05, 3.63) is 22.7 Å². The summed E-state index contributed by atoms with van der Waals surface area (Å²) in [7, 11) is 0. The molecule has 0 aliphatic heterocycles. The molecular weight excluding hydrogens is 146 g/mol. The molecule has 0 heterocycles. The lowest BCUT2D eigenvalue weighted by Crippen LogP contribution is -2.03. The average Bonchev–Trinajstić information content (AvgIpc) is 1.87. The molecular formula is C6H9N3O2. The van der Waals surface area contributed by atoms with Crippen molar-refractivity contribution in [2.75, 3.05) is 6.61 Å². The van der Waals surface area contributed by atoms with Gasteiger partial charge in [0.15, 0.2) is 0 Å². The Morgan fingerprint density at radius 3 is 2.91 bits per heavy atom. The highest BCUT2D eigenvalue weighted by atomic mass is 16.5. The smallest absolute Gasteiger partial charge is 0.310 e. The standard InChI is InChI=1S/C6H9N3O2/c1-3-11-6(10)4-5(2)8-9-7/h2-4H2,1H3. The van der Waals surface area contributed by atoms with Gasteiger partial charge in [-0.2, -0.15) is 0 Å². The highest BCUT2D eigenvalue weighted by Gasteiger charge is 2.01. The van der Waals surface area contributed by atoms with Gasteiger partial charge < -0.3 is 4.74 Å². The number of ether oxygens (including phenoxy) is 1. The molecule has 0 amide bonds. The van der Waals surface area contributed by atoms with E-state index in [2.05, 4.69) is 21.3 Å². The van der Waals surface area contributed by atoms with E-state index in [0.717, 1.165) is 0 Å². The van der Waals surface area contributed by atoms with Gasteiger partial charge >= 0.3 is 5.97 Å². The Labute approximate surface area is 64.3 Å². The van der Waals surface area contributed by atoms with Crippen molar-refractivity contribution in [3.8, 4) is 0 Å². The Kier molecular flexibility index (Phi) is 4.60. The van der Waals surface area contributed by atoms with E-state index >= 15 is 0 Å². The first kappa shape index (κ1) is 9.52. The molecule has 0 aromatic heterocycles. The van der Waals surface area contributed by atoms with Gasteiger partial charge in [0, 0.05) is 10.6 Å². The molecule has 5 nitrogen and oxygen atoms in total. The molecule has 0 spiro atoms. The minimum Gasteiger partial charge on any atom is -0.466 e. The molecule has 0 radical (unpaired) electrons.